The summed E-state index contributed by atoms with van der Waals surface area (Å²) in [5.74, 6) is -1.97. The van der Waals surface area contributed by atoms with E-state index in [1.165, 1.54) is 29.2 Å². The number of aromatic nitrogens is 2. The lowest BCUT2D eigenvalue weighted by Gasteiger charge is -2.22. The Balaban J connectivity index is 1.84. The standard InChI is InChI=1S/C23H18FN3O4S/c1-3-12-31-17-10-6-15(7-11-17)20(28)18-19(14-4-8-16(24)9-5-14)27(22(30)21(18)29)23-26-25-13(2)32-23/h3-11,19,28H,1,12H2,2H3/t19-/m0/s1. The molecular weight excluding hydrogens is 433 g/mol. The van der Waals surface area contributed by atoms with Crippen molar-refractivity contribution in [3.63, 3.8) is 0 Å². The zero-order valence-electron chi connectivity index (χ0n) is 17.0. The Morgan fingerprint density at radius 1 is 1.19 bits per heavy atom. The van der Waals surface area contributed by atoms with Crippen LogP contribution in [0.25, 0.3) is 5.76 Å². The Morgan fingerprint density at radius 2 is 1.88 bits per heavy atom. The van der Waals surface area contributed by atoms with Gasteiger partial charge in [0.15, 0.2) is 0 Å². The first-order valence-electron chi connectivity index (χ1n) is 9.61. The lowest BCUT2D eigenvalue weighted by atomic mass is 9.95. The van der Waals surface area contributed by atoms with Gasteiger partial charge in [0.25, 0.3) is 5.78 Å². The van der Waals surface area contributed by atoms with Crippen LogP contribution in [-0.2, 0) is 9.59 Å². The van der Waals surface area contributed by atoms with Crippen LogP contribution in [0.3, 0.4) is 0 Å². The molecule has 1 fully saturated rings. The number of aryl methyl sites for hydroxylation is 1. The molecule has 2 aromatic carbocycles. The van der Waals surface area contributed by atoms with Crippen molar-refractivity contribution in [1.29, 1.82) is 0 Å². The molecule has 1 aliphatic rings. The molecule has 1 aromatic heterocycles. The third-order valence-electron chi connectivity index (χ3n) is 4.85. The minimum absolute atomic E-state index is 0.116. The monoisotopic (exact) mass is 451 g/mol. The van der Waals surface area contributed by atoms with Gasteiger partial charge >= 0.3 is 5.91 Å². The van der Waals surface area contributed by atoms with E-state index in [1.54, 1.807) is 37.3 Å². The summed E-state index contributed by atoms with van der Waals surface area (Å²) in [6.07, 6.45) is 1.60. The number of rotatable bonds is 6. The van der Waals surface area contributed by atoms with Gasteiger partial charge in [-0.1, -0.05) is 36.1 Å². The van der Waals surface area contributed by atoms with Crippen molar-refractivity contribution in [3.05, 3.63) is 88.7 Å². The number of carbonyl (C=O) groups is 2. The Morgan fingerprint density at radius 3 is 2.47 bits per heavy atom. The summed E-state index contributed by atoms with van der Waals surface area (Å²) in [6, 6.07) is 10.8. The Bertz CT molecular complexity index is 1220. The quantitative estimate of drug-likeness (QED) is 0.262. The van der Waals surface area contributed by atoms with Crippen LogP contribution in [0.15, 0.2) is 66.8 Å². The Labute approximate surface area is 187 Å². The van der Waals surface area contributed by atoms with Crippen LogP contribution in [0.5, 0.6) is 5.75 Å². The number of Topliss-reactive ketones (excluding diaryl/α,β-unsaturated/α-hetero) is 1. The maximum atomic E-state index is 13.6. The number of aliphatic hydroxyl groups excluding tert-OH is 1. The highest BCUT2D eigenvalue weighted by molar-refractivity contribution is 7.15. The fourth-order valence-electron chi connectivity index (χ4n) is 3.39. The first-order chi connectivity index (χ1) is 15.4. The van der Waals surface area contributed by atoms with Crippen molar-refractivity contribution in [2.24, 2.45) is 0 Å². The van der Waals surface area contributed by atoms with Crippen molar-refractivity contribution in [2.75, 3.05) is 11.5 Å². The predicted octanol–water partition coefficient (Wildman–Crippen LogP) is 4.18. The van der Waals surface area contributed by atoms with Gasteiger partial charge in [-0.15, -0.1) is 10.2 Å². The van der Waals surface area contributed by atoms with Gasteiger partial charge in [0.2, 0.25) is 5.13 Å². The molecule has 1 atom stereocenters. The summed E-state index contributed by atoms with van der Waals surface area (Å²) in [5.41, 5.74) is 0.662. The molecule has 9 heteroatoms. The van der Waals surface area contributed by atoms with E-state index in [1.807, 2.05) is 0 Å². The van der Waals surface area contributed by atoms with Gasteiger partial charge < -0.3 is 9.84 Å². The Hall–Kier alpha value is -3.85. The molecule has 32 heavy (non-hydrogen) atoms. The summed E-state index contributed by atoms with van der Waals surface area (Å²) in [6.45, 7) is 5.63. The van der Waals surface area contributed by atoms with Crippen LogP contribution < -0.4 is 9.64 Å². The smallest absolute Gasteiger partial charge is 0.301 e. The lowest BCUT2D eigenvalue weighted by molar-refractivity contribution is -0.132. The molecule has 1 amide bonds. The molecule has 3 aromatic rings. The van der Waals surface area contributed by atoms with Gasteiger partial charge in [-0.3, -0.25) is 14.5 Å². The molecule has 0 radical (unpaired) electrons. The second kappa shape index (κ2) is 8.72. The molecule has 0 saturated carbocycles. The van der Waals surface area contributed by atoms with Crippen LogP contribution >= 0.6 is 11.3 Å². The highest BCUT2D eigenvalue weighted by Gasteiger charge is 2.48. The summed E-state index contributed by atoms with van der Waals surface area (Å²) < 4.78 is 19.0. The molecule has 0 aliphatic carbocycles. The van der Waals surface area contributed by atoms with E-state index in [4.69, 9.17) is 4.74 Å². The summed E-state index contributed by atoms with van der Waals surface area (Å²) in [4.78, 5) is 27.1. The summed E-state index contributed by atoms with van der Waals surface area (Å²) in [5, 5.41) is 19.8. The first kappa shape index (κ1) is 21.4. The second-order valence-corrected chi connectivity index (χ2v) is 8.11. The van der Waals surface area contributed by atoms with E-state index in [-0.39, 0.29) is 16.5 Å². The second-order valence-electron chi connectivity index (χ2n) is 6.95. The third-order valence-corrected chi connectivity index (χ3v) is 5.69. The molecule has 7 nitrogen and oxygen atoms in total. The van der Waals surface area contributed by atoms with Crippen LogP contribution in [-0.4, -0.2) is 33.6 Å². The van der Waals surface area contributed by atoms with E-state index >= 15 is 0 Å². The predicted molar refractivity (Wildman–Crippen MR) is 118 cm³/mol. The Kier molecular flexibility index (Phi) is 5.83. The SMILES string of the molecule is C=CCOc1ccc(C(O)=C2C(=O)C(=O)N(c3nnc(C)s3)[C@H]2c2ccc(F)cc2)cc1. The van der Waals surface area contributed by atoms with E-state index in [9.17, 15) is 19.1 Å². The molecule has 0 spiro atoms. The molecule has 0 bridgehead atoms. The number of hydrogen-bond donors (Lipinski definition) is 1. The minimum Gasteiger partial charge on any atom is -0.507 e. The van der Waals surface area contributed by atoms with Gasteiger partial charge in [-0.2, -0.15) is 0 Å². The number of amides is 1. The normalized spacial score (nSPS) is 17.6. The van der Waals surface area contributed by atoms with E-state index in [0.29, 0.717) is 28.5 Å². The summed E-state index contributed by atoms with van der Waals surface area (Å²) >= 11 is 1.14. The molecule has 1 aliphatic heterocycles. The number of halogens is 1. The molecule has 162 valence electrons. The number of ether oxygens (including phenoxy) is 1. The van der Waals surface area contributed by atoms with Crippen molar-refractivity contribution < 1.29 is 23.8 Å². The van der Waals surface area contributed by atoms with E-state index in [0.717, 1.165) is 11.3 Å². The minimum atomic E-state index is -0.986. The maximum absolute atomic E-state index is 13.6. The van der Waals surface area contributed by atoms with Crippen molar-refractivity contribution in [2.45, 2.75) is 13.0 Å². The molecule has 4 rings (SSSR count). The van der Waals surface area contributed by atoms with Crippen LogP contribution in [0, 0.1) is 12.7 Å². The highest BCUT2D eigenvalue weighted by Crippen LogP contribution is 2.43. The van der Waals surface area contributed by atoms with Crippen LogP contribution in [0.1, 0.15) is 22.2 Å². The molecule has 1 N–H and O–H groups in total. The first-order valence-corrected chi connectivity index (χ1v) is 10.4. The van der Waals surface area contributed by atoms with E-state index < -0.39 is 23.5 Å². The molecule has 0 unspecified atom stereocenters. The van der Waals surface area contributed by atoms with Crippen molar-refractivity contribution >= 4 is 33.9 Å². The number of nitrogens with zero attached hydrogens (tertiary/aromatic N) is 3. The van der Waals surface area contributed by atoms with Gasteiger partial charge in [0, 0.05) is 5.56 Å². The highest BCUT2D eigenvalue weighted by atomic mass is 32.1. The van der Waals surface area contributed by atoms with Gasteiger partial charge in [0.05, 0.1) is 11.6 Å². The summed E-state index contributed by atoms with van der Waals surface area (Å²) in [7, 11) is 0. The number of anilines is 1. The maximum Gasteiger partial charge on any atom is 0.301 e. The lowest BCUT2D eigenvalue weighted by Crippen LogP contribution is -2.29. The molecule has 1 saturated heterocycles. The fraction of sp³-hybridized carbons (Fsp3) is 0.130. The largest absolute Gasteiger partial charge is 0.507 e. The number of ketones is 1. The average Bonchev–Trinajstić information content (AvgIpc) is 3.33. The fourth-order valence-corrected chi connectivity index (χ4v) is 4.11. The zero-order valence-corrected chi connectivity index (χ0v) is 17.8. The number of hydrogen-bond acceptors (Lipinski definition) is 7. The van der Waals surface area contributed by atoms with Gasteiger partial charge in [0.1, 0.15) is 28.9 Å². The number of benzene rings is 2. The average molecular weight is 451 g/mol. The van der Waals surface area contributed by atoms with Crippen LogP contribution in [0.2, 0.25) is 0 Å². The van der Waals surface area contributed by atoms with Crippen molar-refractivity contribution in [1.82, 2.24) is 10.2 Å². The van der Waals surface area contributed by atoms with Gasteiger partial charge in [-0.05, 0) is 48.9 Å². The third kappa shape index (κ3) is 3.90. The van der Waals surface area contributed by atoms with Crippen LogP contribution in [0.4, 0.5) is 9.52 Å². The zero-order chi connectivity index (χ0) is 22.8. The van der Waals surface area contributed by atoms with Crippen molar-refractivity contribution in [3.8, 4) is 5.75 Å². The topological polar surface area (TPSA) is 92.6 Å². The number of carbonyl (C=O) groups excluding carboxylic acids is 2. The number of aliphatic hydroxyl groups is 1. The van der Waals surface area contributed by atoms with Gasteiger partial charge in [-0.25, -0.2) is 4.39 Å². The molecule has 2 heterocycles. The molecular formula is C23H18FN3O4S. The van der Waals surface area contributed by atoms with E-state index in [2.05, 4.69) is 16.8 Å².